The van der Waals surface area contributed by atoms with Crippen LogP contribution in [0.4, 0.5) is 17.6 Å². The van der Waals surface area contributed by atoms with Crippen LogP contribution in [0.25, 0.3) is 0 Å². The molecule has 44 heavy (non-hydrogen) atoms. The number of hydrogen-bond donors (Lipinski definition) is 1. The molecule has 2 fully saturated rings. The third-order valence-corrected chi connectivity index (χ3v) is 7.83. The van der Waals surface area contributed by atoms with Crippen molar-refractivity contribution in [2.24, 2.45) is 0 Å². The SMILES string of the molecule is N#Cc1ccc(O[C@H]2CC[C@@H](NC(=O)c3ccc(C(=O)N4CCC(Oc5ccc(C(F)(F)F)cc5)CC4)cn3)CC2)cc1F. The third kappa shape index (κ3) is 7.64. The van der Waals surface area contributed by atoms with Crippen molar-refractivity contribution in [2.75, 3.05) is 13.1 Å². The number of nitrogens with one attached hydrogen (secondary N) is 1. The number of benzene rings is 2. The zero-order valence-electron chi connectivity index (χ0n) is 23.6. The molecule has 2 amide bonds. The number of carbonyl (C=O) groups excluding carboxylic acids is 2. The van der Waals surface area contributed by atoms with Crippen molar-refractivity contribution in [3.63, 3.8) is 0 Å². The van der Waals surface area contributed by atoms with E-state index in [0.717, 1.165) is 12.1 Å². The van der Waals surface area contributed by atoms with Crippen molar-refractivity contribution in [1.82, 2.24) is 15.2 Å². The Morgan fingerprint density at radius 3 is 2.11 bits per heavy atom. The van der Waals surface area contributed by atoms with Crippen LogP contribution < -0.4 is 14.8 Å². The fraction of sp³-hybridized carbons (Fsp3) is 0.375. The summed E-state index contributed by atoms with van der Waals surface area (Å²) in [5.41, 5.74) is -0.240. The summed E-state index contributed by atoms with van der Waals surface area (Å²) in [5, 5.41) is 11.8. The molecule has 1 aliphatic heterocycles. The lowest BCUT2D eigenvalue weighted by Crippen LogP contribution is -2.42. The van der Waals surface area contributed by atoms with Crippen LogP contribution >= 0.6 is 0 Å². The molecule has 0 spiro atoms. The van der Waals surface area contributed by atoms with Gasteiger partial charge in [-0.3, -0.25) is 14.6 Å². The molecule has 5 rings (SSSR count). The highest BCUT2D eigenvalue weighted by Gasteiger charge is 2.31. The van der Waals surface area contributed by atoms with Gasteiger partial charge in [-0.25, -0.2) is 4.39 Å². The molecular weight excluding hydrogens is 580 g/mol. The normalized spacial score (nSPS) is 19.1. The van der Waals surface area contributed by atoms with Crippen LogP contribution in [0.1, 0.15) is 70.5 Å². The van der Waals surface area contributed by atoms with Gasteiger partial charge in [0.15, 0.2) is 0 Å². The summed E-state index contributed by atoms with van der Waals surface area (Å²) in [6.07, 6.45) is 0.352. The van der Waals surface area contributed by atoms with Gasteiger partial charge in [0.25, 0.3) is 11.8 Å². The molecule has 0 bridgehead atoms. The summed E-state index contributed by atoms with van der Waals surface area (Å²) in [5.74, 6) is -0.479. The van der Waals surface area contributed by atoms with Crippen molar-refractivity contribution in [1.29, 1.82) is 5.26 Å². The fourth-order valence-electron chi connectivity index (χ4n) is 5.37. The minimum Gasteiger partial charge on any atom is -0.490 e. The van der Waals surface area contributed by atoms with Gasteiger partial charge < -0.3 is 19.7 Å². The van der Waals surface area contributed by atoms with Crippen LogP contribution in [0.2, 0.25) is 0 Å². The van der Waals surface area contributed by atoms with Crippen LogP contribution in [0.15, 0.2) is 60.8 Å². The van der Waals surface area contributed by atoms with E-state index in [9.17, 15) is 27.2 Å². The second-order valence-electron chi connectivity index (χ2n) is 10.9. The standard InChI is InChI=1S/C32H30F4N4O4/c33-28-17-27(7-1-20(28)18-37)44-25-10-5-23(6-11-25)39-30(41)29-12-2-21(19-38-29)31(42)40-15-13-26(14-16-40)43-24-8-3-22(4-9-24)32(34,35)36/h1-4,7-9,12,17,19,23,25-26H,5-6,10-11,13-16H2,(H,39,41)/t23-,25+. The Hall–Kier alpha value is -4.66. The number of alkyl halides is 3. The van der Waals surface area contributed by atoms with Crippen LogP contribution in [0.3, 0.4) is 0 Å². The number of piperidine rings is 1. The Labute approximate surface area is 251 Å². The van der Waals surface area contributed by atoms with Crippen molar-refractivity contribution >= 4 is 11.8 Å². The number of aromatic nitrogens is 1. The Kier molecular flexibility index (Phi) is 9.32. The van der Waals surface area contributed by atoms with Crippen molar-refractivity contribution in [2.45, 2.75) is 63.0 Å². The molecule has 12 heteroatoms. The van der Waals surface area contributed by atoms with E-state index in [2.05, 4.69) is 10.3 Å². The van der Waals surface area contributed by atoms with Gasteiger partial charge in [-0.05, 0) is 74.2 Å². The minimum atomic E-state index is -4.41. The van der Waals surface area contributed by atoms with Gasteiger partial charge in [-0.15, -0.1) is 0 Å². The van der Waals surface area contributed by atoms with E-state index in [0.29, 0.717) is 68.7 Å². The summed E-state index contributed by atoms with van der Waals surface area (Å²) in [6, 6.07) is 13.5. The average molecular weight is 611 g/mol. The maximum absolute atomic E-state index is 13.8. The largest absolute Gasteiger partial charge is 0.490 e. The number of nitrogens with zero attached hydrogens (tertiary/aromatic N) is 3. The van der Waals surface area contributed by atoms with Crippen LogP contribution in [-0.2, 0) is 6.18 Å². The van der Waals surface area contributed by atoms with Gasteiger partial charge in [0.2, 0.25) is 0 Å². The molecule has 2 aromatic carbocycles. The minimum absolute atomic E-state index is 0.0397. The van der Waals surface area contributed by atoms with Crippen LogP contribution in [-0.4, -0.2) is 53.0 Å². The fourth-order valence-corrected chi connectivity index (χ4v) is 5.37. The first-order valence-corrected chi connectivity index (χ1v) is 14.4. The van der Waals surface area contributed by atoms with Crippen LogP contribution in [0, 0.1) is 17.1 Å². The predicted octanol–water partition coefficient (Wildman–Crippen LogP) is 5.91. The highest BCUT2D eigenvalue weighted by Crippen LogP contribution is 2.31. The second kappa shape index (κ2) is 13.3. The van der Waals surface area contributed by atoms with E-state index in [-0.39, 0.29) is 41.3 Å². The maximum Gasteiger partial charge on any atom is 0.416 e. The molecule has 1 aliphatic carbocycles. The average Bonchev–Trinajstić information content (AvgIpc) is 3.02. The second-order valence-corrected chi connectivity index (χ2v) is 10.9. The number of carbonyl (C=O) groups is 2. The molecule has 2 heterocycles. The zero-order chi connectivity index (χ0) is 31.3. The lowest BCUT2D eigenvalue weighted by Gasteiger charge is -2.32. The molecule has 2 aliphatic rings. The highest BCUT2D eigenvalue weighted by molar-refractivity contribution is 5.96. The topological polar surface area (TPSA) is 105 Å². The van der Waals surface area contributed by atoms with Gasteiger partial charge in [-0.1, -0.05) is 0 Å². The first-order chi connectivity index (χ1) is 21.1. The predicted molar refractivity (Wildman–Crippen MR) is 150 cm³/mol. The van der Waals surface area contributed by atoms with E-state index < -0.39 is 17.6 Å². The van der Waals surface area contributed by atoms with E-state index >= 15 is 0 Å². The molecule has 1 saturated heterocycles. The smallest absolute Gasteiger partial charge is 0.416 e. The lowest BCUT2D eigenvalue weighted by atomic mass is 9.92. The molecule has 8 nitrogen and oxygen atoms in total. The molecule has 1 aromatic heterocycles. The number of rotatable bonds is 7. The Balaban J connectivity index is 1.05. The maximum atomic E-state index is 13.8. The molecule has 1 saturated carbocycles. The summed E-state index contributed by atoms with van der Waals surface area (Å²) in [6.45, 7) is 0.831. The molecule has 0 radical (unpaired) electrons. The Morgan fingerprint density at radius 2 is 1.52 bits per heavy atom. The number of pyridine rings is 1. The number of likely N-dealkylation sites (tertiary alicyclic amines) is 1. The quantitative estimate of drug-likeness (QED) is 0.334. The number of nitriles is 1. The molecule has 3 aromatic rings. The van der Waals surface area contributed by atoms with Gasteiger partial charge in [0.1, 0.15) is 35.2 Å². The molecule has 230 valence electrons. The van der Waals surface area contributed by atoms with Crippen molar-refractivity contribution in [3.05, 3.63) is 89.0 Å². The first kappa shape index (κ1) is 30.8. The van der Waals surface area contributed by atoms with Gasteiger partial charge >= 0.3 is 6.18 Å². The summed E-state index contributed by atoms with van der Waals surface area (Å²) in [4.78, 5) is 31.6. The van der Waals surface area contributed by atoms with Crippen molar-refractivity contribution in [3.8, 4) is 17.6 Å². The molecular formula is C32H30F4N4O4. The lowest BCUT2D eigenvalue weighted by molar-refractivity contribution is -0.137. The summed E-state index contributed by atoms with van der Waals surface area (Å²) in [7, 11) is 0. The van der Waals surface area contributed by atoms with E-state index in [1.54, 1.807) is 23.1 Å². The number of halogens is 4. The van der Waals surface area contributed by atoms with Crippen molar-refractivity contribution < 1.29 is 36.6 Å². The van der Waals surface area contributed by atoms with Crippen LogP contribution in [0.5, 0.6) is 11.5 Å². The number of ether oxygens (including phenoxy) is 2. The van der Waals surface area contributed by atoms with Gasteiger partial charge in [0, 0.05) is 44.2 Å². The zero-order valence-corrected chi connectivity index (χ0v) is 23.6. The summed E-state index contributed by atoms with van der Waals surface area (Å²) < 4.78 is 63.8. The Bertz CT molecular complexity index is 1510. The van der Waals surface area contributed by atoms with E-state index in [1.807, 2.05) is 0 Å². The molecule has 0 unspecified atom stereocenters. The Morgan fingerprint density at radius 1 is 0.886 bits per heavy atom. The number of hydrogen-bond acceptors (Lipinski definition) is 6. The van der Waals surface area contributed by atoms with Gasteiger partial charge in [-0.2, -0.15) is 18.4 Å². The monoisotopic (exact) mass is 610 g/mol. The van der Waals surface area contributed by atoms with E-state index in [4.69, 9.17) is 14.7 Å². The molecule has 0 atom stereocenters. The molecule has 1 N–H and O–H groups in total. The van der Waals surface area contributed by atoms with E-state index in [1.165, 1.54) is 36.5 Å². The third-order valence-electron chi connectivity index (χ3n) is 7.83. The van der Waals surface area contributed by atoms with Gasteiger partial charge in [0.05, 0.1) is 22.8 Å². The first-order valence-electron chi connectivity index (χ1n) is 14.4. The number of amides is 2. The summed E-state index contributed by atoms with van der Waals surface area (Å²) >= 11 is 0. The highest BCUT2D eigenvalue weighted by atomic mass is 19.4.